The summed E-state index contributed by atoms with van der Waals surface area (Å²) in [5.41, 5.74) is 1.72. The number of hydrogen-bond acceptors (Lipinski definition) is 9. The minimum atomic E-state index is -0.472. The second kappa shape index (κ2) is 12.5. The van der Waals surface area contributed by atoms with Crippen molar-refractivity contribution >= 4 is 73.9 Å². The van der Waals surface area contributed by atoms with E-state index in [9.17, 15) is 9.59 Å². The lowest BCUT2D eigenvalue weighted by molar-refractivity contribution is -0.130. The number of aromatic nitrogens is 3. The van der Waals surface area contributed by atoms with Crippen LogP contribution in [0, 0.1) is 0 Å². The average Bonchev–Trinajstić information content (AvgIpc) is 3.37. The maximum Gasteiger partial charge on any atom is 0.258 e. The lowest BCUT2D eigenvalue weighted by Crippen LogP contribution is -2.31. The molecule has 0 radical (unpaired) electrons. The molecule has 204 valence electrons. The molecule has 0 spiro atoms. The van der Waals surface area contributed by atoms with E-state index in [1.54, 1.807) is 28.6 Å². The summed E-state index contributed by atoms with van der Waals surface area (Å²) in [7, 11) is 2.90. The third-order valence-electron chi connectivity index (χ3n) is 5.95. The summed E-state index contributed by atoms with van der Waals surface area (Å²) in [6, 6.07) is 5.14. The molecule has 0 fully saturated rings. The molecule has 0 aliphatic carbocycles. The first kappa shape index (κ1) is 28.3. The molecule has 2 N–H and O–H groups in total. The van der Waals surface area contributed by atoms with Gasteiger partial charge in [0.25, 0.3) is 5.91 Å². The van der Waals surface area contributed by atoms with Crippen LogP contribution >= 0.6 is 34.5 Å². The molecule has 0 aliphatic heterocycles. The van der Waals surface area contributed by atoms with Crippen LogP contribution in [0.25, 0.3) is 10.2 Å². The second-order valence-corrected chi connectivity index (χ2v) is 9.84. The van der Waals surface area contributed by atoms with Crippen molar-refractivity contribution in [3.8, 4) is 11.5 Å². The number of likely N-dealkylation sites (N-methyl/N-ethyl adjacent to an activating group) is 1. The number of nitrogens with one attached hydrogen (secondary N) is 2. The third kappa shape index (κ3) is 6.00. The van der Waals surface area contributed by atoms with Gasteiger partial charge >= 0.3 is 0 Å². The highest BCUT2D eigenvalue weighted by molar-refractivity contribution is 7.18. The first-order valence-corrected chi connectivity index (χ1v) is 13.6. The molecule has 0 atom stereocenters. The molecule has 13 heteroatoms. The number of nitrogens with zero attached hydrogens (tertiary/aromatic N) is 4. The van der Waals surface area contributed by atoms with Crippen LogP contribution < -0.4 is 20.1 Å². The van der Waals surface area contributed by atoms with Crippen LogP contribution in [0.4, 0.5) is 17.3 Å². The van der Waals surface area contributed by atoms with E-state index in [1.807, 2.05) is 13.8 Å². The topological polar surface area (TPSA) is 119 Å². The fourth-order valence-corrected chi connectivity index (χ4v) is 5.45. The number of anilines is 3. The summed E-state index contributed by atoms with van der Waals surface area (Å²) >= 11 is 14.1. The van der Waals surface area contributed by atoms with Crippen molar-refractivity contribution in [2.24, 2.45) is 0 Å². The van der Waals surface area contributed by atoms with Gasteiger partial charge in [-0.25, -0.2) is 15.0 Å². The van der Waals surface area contributed by atoms with Crippen molar-refractivity contribution < 1.29 is 19.1 Å². The number of rotatable bonds is 10. The highest BCUT2D eigenvalue weighted by Gasteiger charge is 2.22. The van der Waals surface area contributed by atoms with E-state index in [0.717, 1.165) is 5.56 Å². The summed E-state index contributed by atoms with van der Waals surface area (Å²) in [5, 5.41) is 7.88. The predicted octanol–water partition coefficient (Wildman–Crippen LogP) is 5.82. The number of thiophene rings is 1. The number of ether oxygens (including phenoxy) is 2. The number of hydrogen-bond donors (Lipinski definition) is 2. The van der Waals surface area contributed by atoms with Crippen molar-refractivity contribution in [2.75, 3.05) is 37.9 Å². The normalized spacial score (nSPS) is 10.8. The molecule has 4 aromatic rings. The SMILES string of the molecule is CCN(CC)C(=O)Cc1ccnc(Nc2ncnc3c(C(=O)Nc4c(Cl)c(OC)cc(OC)c4Cl)csc23)c1. The molecule has 3 heterocycles. The summed E-state index contributed by atoms with van der Waals surface area (Å²) in [6.07, 6.45) is 3.26. The molecule has 39 heavy (non-hydrogen) atoms. The van der Waals surface area contributed by atoms with E-state index in [4.69, 9.17) is 32.7 Å². The van der Waals surface area contributed by atoms with E-state index < -0.39 is 5.91 Å². The van der Waals surface area contributed by atoms with Crippen LogP contribution in [0.15, 0.2) is 36.1 Å². The third-order valence-corrected chi connectivity index (χ3v) is 7.68. The van der Waals surface area contributed by atoms with Crippen LogP contribution in [0.2, 0.25) is 10.0 Å². The van der Waals surface area contributed by atoms with E-state index in [-0.39, 0.29) is 28.1 Å². The zero-order valence-corrected chi connectivity index (χ0v) is 24.0. The monoisotopic (exact) mass is 588 g/mol. The molecule has 3 aromatic heterocycles. The minimum Gasteiger partial charge on any atom is -0.495 e. The smallest absolute Gasteiger partial charge is 0.258 e. The molecule has 4 rings (SSSR count). The number of methoxy groups -OCH3 is 2. The van der Waals surface area contributed by atoms with E-state index >= 15 is 0 Å². The van der Waals surface area contributed by atoms with Crippen LogP contribution in [0.5, 0.6) is 11.5 Å². The lowest BCUT2D eigenvalue weighted by atomic mass is 10.1. The number of benzene rings is 1. The Morgan fingerprint density at radius 2 is 1.72 bits per heavy atom. The Labute approximate surface area is 239 Å². The van der Waals surface area contributed by atoms with Gasteiger partial charge in [0, 0.05) is 30.7 Å². The molecule has 10 nitrogen and oxygen atoms in total. The van der Waals surface area contributed by atoms with Crippen LogP contribution in [0.3, 0.4) is 0 Å². The highest BCUT2D eigenvalue weighted by Crippen LogP contribution is 2.44. The number of amides is 2. The van der Waals surface area contributed by atoms with Gasteiger partial charge in [0.1, 0.15) is 33.7 Å². The maximum atomic E-state index is 13.3. The standard InChI is InChI=1S/C26H26Cl2N6O4S/c1-5-34(6-2)19(35)10-14-7-8-29-18(9-14)32-25-24-22(30-13-31-25)15(12-39-24)26(36)33-23-20(27)16(37-3)11-17(38-4)21(23)28/h7-9,11-13H,5-6,10H2,1-4H3,(H,33,36)(H,29,30,31,32). The van der Waals surface area contributed by atoms with Crippen LogP contribution in [-0.4, -0.2) is 59.0 Å². The first-order valence-electron chi connectivity index (χ1n) is 11.9. The Bertz CT molecular complexity index is 1500. The average molecular weight is 590 g/mol. The van der Waals surface area contributed by atoms with Gasteiger partial charge in [0.15, 0.2) is 5.82 Å². The van der Waals surface area contributed by atoms with E-state index in [2.05, 4.69) is 25.6 Å². The van der Waals surface area contributed by atoms with Crippen molar-refractivity contribution in [1.82, 2.24) is 19.9 Å². The Kier molecular flexibility index (Phi) is 9.05. The molecular formula is C26H26Cl2N6O4S. The fourth-order valence-electron chi connectivity index (χ4n) is 3.91. The maximum absolute atomic E-state index is 13.3. The Morgan fingerprint density at radius 1 is 1.03 bits per heavy atom. The van der Waals surface area contributed by atoms with Gasteiger partial charge in [0.2, 0.25) is 5.91 Å². The lowest BCUT2D eigenvalue weighted by Gasteiger charge is -2.18. The zero-order valence-electron chi connectivity index (χ0n) is 21.7. The van der Waals surface area contributed by atoms with Gasteiger partial charge in [0.05, 0.1) is 42.1 Å². The Morgan fingerprint density at radius 3 is 2.36 bits per heavy atom. The number of pyridine rings is 1. The summed E-state index contributed by atoms with van der Waals surface area (Å²) in [4.78, 5) is 40.6. The molecule has 0 bridgehead atoms. The minimum absolute atomic E-state index is 0.0457. The van der Waals surface area contributed by atoms with Crippen molar-refractivity contribution in [2.45, 2.75) is 20.3 Å². The van der Waals surface area contributed by atoms with Crippen LogP contribution in [0.1, 0.15) is 29.8 Å². The van der Waals surface area contributed by atoms with Gasteiger partial charge in [-0.1, -0.05) is 23.2 Å². The fraction of sp³-hybridized carbons (Fsp3) is 0.269. The molecule has 0 unspecified atom stereocenters. The second-order valence-electron chi connectivity index (χ2n) is 8.20. The molecule has 0 saturated carbocycles. The quantitative estimate of drug-likeness (QED) is 0.238. The van der Waals surface area contributed by atoms with Gasteiger partial charge in [-0.2, -0.15) is 0 Å². The van der Waals surface area contributed by atoms with Gasteiger partial charge in [-0.05, 0) is 31.5 Å². The Balaban J connectivity index is 1.59. The molecule has 2 amide bonds. The van der Waals surface area contributed by atoms with Crippen LogP contribution in [-0.2, 0) is 11.2 Å². The van der Waals surface area contributed by atoms with Crippen molar-refractivity contribution in [3.05, 3.63) is 57.3 Å². The van der Waals surface area contributed by atoms with E-state index in [0.29, 0.717) is 52.0 Å². The number of carbonyl (C=O) groups excluding carboxylic acids is 2. The predicted molar refractivity (Wildman–Crippen MR) is 154 cm³/mol. The zero-order chi connectivity index (χ0) is 28.1. The molecule has 0 saturated heterocycles. The summed E-state index contributed by atoms with van der Waals surface area (Å²) in [5.74, 6) is 1.16. The largest absolute Gasteiger partial charge is 0.495 e. The van der Waals surface area contributed by atoms with Gasteiger partial charge in [-0.15, -0.1) is 11.3 Å². The molecule has 1 aromatic carbocycles. The Hall–Kier alpha value is -3.67. The number of carbonyl (C=O) groups is 2. The summed E-state index contributed by atoms with van der Waals surface area (Å²) < 4.78 is 11.2. The summed E-state index contributed by atoms with van der Waals surface area (Å²) in [6.45, 7) is 5.21. The van der Waals surface area contributed by atoms with E-state index in [1.165, 1.54) is 38.0 Å². The molecular weight excluding hydrogens is 563 g/mol. The molecule has 0 aliphatic rings. The van der Waals surface area contributed by atoms with Crippen molar-refractivity contribution in [1.29, 1.82) is 0 Å². The first-order chi connectivity index (χ1) is 18.8. The number of fused-ring (bicyclic) bond motifs is 1. The number of halogens is 2. The highest BCUT2D eigenvalue weighted by atomic mass is 35.5. The van der Waals surface area contributed by atoms with Crippen molar-refractivity contribution in [3.63, 3.8) is 0 Å². The van der Waals surface area contributed by atoms with Gasteiger partial charge in [-0.3, -0.25) is 9.59 Å². The van der Waals surface area contributed by atoms with Gasteiger partial charge < -0.3 is 25.0 Å².